The minimum Gasteiger partial charge on any atom is -0.462 e. The molecule has 2 aromatic rings. The molecule has 1 N–H and O–H groups in total. The summed E-state index contributed by atoms with van der Waals surface area (Å²) < 4.78 is 4.97. The fourth-order valence-electron chi connectivity index (χ4n) is 2.07. The zero-order valence-corrected chi connectivity index (χ0v) is 13.1. The molecule has 22 heavy (non-hydrogen) atoms. The highest BCUT2D eigenvalue weighted by Crippen LogP contribution is 2.20. The van der Waals surface area contributed by atoms with Crippen LogP contribution in [0.15, 0.2) is 55.1 Å². The lowest BCUT2D eigenvalue weighted by molar-refractivity contribution is -0.137. The molecule has 3 heteroatoms. The predicted molar refractivity (Wildman–Crippen MR) is 90.5 cm³/mol. The Morgan fingerprint density at radius 1 is 1.09 bits per heavy atom. The number of carbonyl (C=O) groups is 1. The summed E-state index contributed by atoms with van der Waals surface area (Å²) in [6.45, 7) is 7.95. The Morgan fingerprint density at radius 2 is 1.77 bits per heavy atom. The highest BCUT2D eigenvalue weighted by Gasteiger charge is 2.00. The molecular weight excluding hydrogens is 274 g/mol. The first-order valence-corrected chi connectivity index (χ1v) is 7.31. The van der Waals surface area contributed by atoms with E-state index in [-0.39, 0.29) is 5.97 Å². The van der Waals surface area contributed by atoms with Gasteiger partial charge in [0.15, 0.2) is 0 Å². The average molecular weight is 295 g/mol. The molecule has 0 saturated carbocycles. The van der Waals surface area contributed by atoms with Crippen LogP contribution in [0.5, 0.6) is 0 Å². The maximum Gasteiger partial charge on any atom is 0.330 e. The minimum atomic E-state index is -0.381. The molecule has 2 rings (SSSR count). The van der Waals surface area contributed by atoms with Crippen molar-refractivity contribution >= 4 is 17.3 Å². The second-order valence-corrected chi connectivity index (χ2v) is 5.24. The topological polar surface area (TPSA) is 38.3 Å². The number of rotatable bonds is 6. The fraction of sp³-hybridized carbons (Fsp3) is 0.211. The van der Waals surface area contributed by atoms with Crippen molar-refractivity contribution < 1.29 is 9.53 Å². The second kappa shape index (κ2) is 7.46. The number of esters is 1. The molecule has 0 amide bonds. The van der Waals surface area contributed by atoms with E-state index >= 15 is 0 Å². The van der Waals surface area contributed by atoms with E-state index < -0.39 is 0 Å². The van der Waals surface area contributed by atoms with Crippen LogP contribution < -0.4 is 5.32 Å². The first-order valence-electron chi connectivity index (χ1n) is 7.31. The van der Waals surface area contributed by atoms with Crippen molar-refractivity contribution in [2.24, 2.45) is 0 Å². The lowest BCUT2D eigenvalue weighted by Crippen LogP contribution is -2.04. The molecule has 0 fully saturated rings. The smallest absolute Gasteiger partial charge is 0.330 e. The van der Waals surface area contributed by atoms with Crippen LogP contribution in [0.2, 0.25) is 0 Å². The third-order valence-corrected chi connectivity index (χ3v) is 3.55. The Morgan fingerprint density at radius 3 is 2.41 bits per heavy atom. The Labute approximate surface area is 131 Å². The van der Waals surface area contributed by atoms with E-state index in [1.807, 2.05) is 24.3 Å². The van der Waals surface area contributed by atoms with Gasteiger partial charge in [-0.3, -0.25) is 0 Å². The van der Waals surface area contributed by atoms with Crippen molar-refractivity contribution in [3.63, 3.8) is 0 Å². The number of anilines is 2. The number of benzene rings is 2. The Kier molecular flexibility index (Phi) is 5.37. The third-order valence-electron chi connectivity index (χ3n) is 3.55. The van der Waals surface area contributed by atoms with Gasteiger partial charge in [0.25, 0.3) is 0 Å². The SMILES string of the molecule is C=CC(=O)OCCc1ccc(Nc2ccc(C)c(C)c2)cc1. The molecule has 0 unspecified atom stereocenters. The van der Waals surface area contributed by atoms with Crippen LogP contribution in [0.1, 0.15) is 16.7 Å². The van der Waals surface area contributed by atoms with Gasteiger partial charge in [-0.2, -0.15) is 0 Å². The molecule has 3 nitrogen and oxygen atoms in total. The monoisotopic (exact) mass is 295 g/mol. The highest BCUT2D eigenvalue weighted by atomic mass is 16.5. The lowest BCUT2D eigenvalue weighted by Gasteiger charge is -2.09. The molecule has 0 atom stereocenters. The van der Waals surface area contributed by atoms with E-state index in [1.54, 1.807) is 0 Å². The quantitative estimate of drug-likeness (QED) is 0.637. The van der Waals surface area contributed by atoms with Crippen LogP contribution in [-0.4, -0.2) is 12.6 Å². The summed E-state index contributed by atoms with van der Waals surface area (Å²) in [4.78, 5) is 11.0. The number of hydrogen-bond acceptors (Lipinski definition) is 3. The van der Waals surface area contributed by atoms with E-state index in [9.17, 15) is 4.79 Å². The Bertz CT molecular complexity index is 660. The van der Waals surface area contributed by atoms with Crippen LogP contribution >= 0.6 is 0 Å². The summed E-state index contributed by atoms with van der Waals surface area (Å²) in [7, 11) is 0. The zero-order chi connectivity index (χ0) is 15.9. The van der Waals surface area contributed by atoms with Crippen LogP contribution in [0, 0.1) is 13.8 Å². The largest absolute Gasteiger partial charge is 0.462 e. The molecule has 0 aliphatic rings. The minimum absolute atomic E-state index is 0.370. The average Bonchev–Trinajstić information content (AvgIpc) is 2.52. The van der Waals surface area contributed by atoms with E-state index in [1.165, 1.54) is 17.2 Å². The van der Waals surface area contributed by atoms with Gasteiger partial charge in [0.1, 0.15) is 0 Å². The van der Waals surface area contributed by atoms with Gasteiger partial charge in [0.05, 0.1) is 6.61 Å². The number of carbonyl (C=O) groups excluding carboxylic acids is 1. The predicted octanol–water partition coefficient (Wildman–Crippen LogP) is 4.32. The van der Waals surface area contributed by atoms with Crippen LogP contribution in [-0.2, 0) is 16.0 Å². The van der Waals surface area contributed by atoms with E-state index in [0.717, 1.165) is 16.9 Å². The van der Waals surface area contributed by atoms with Gasteiger partial charge in [-0.25, -0.2) is 4.79 Å². The van der Waals surface area contributed by atoms with Crippen LogP contribution in [0.25, 0.3) is 0 Å². The maximum absolute atomic E-state index is 11.0. The van der Waals surface area contributed by atoms with E-state index in [4.69, 9.17) is 4.74 Å². The second-order valence-electron chi connectivity index (χ2n) is 5.24. The van der Waals surface area contributed by atoms with Crippen molar-refractivity contribution in [3.8, 4) is 0 Å². The van der Waals surface area contributed by atoms with Gasteiger partial charge in [0.2, 0.25) is 0 Å². The van der Waals surface area contributed by atoms with Crippen LogP contribution in [0.4, 0.5) is 11.4 Å². The van der Waals surface area contributed by atoms with Gasteiger partial charge in [-0.15, -0.1) is 0 Å². The molecule has 0 heterocycles. The summed E-state index contributed by atoms with van der Waals surface area (Å²) in [6.07, 6.45) is 1.88. The van der Waals surface area contributed by atoms with Gasteiger partial charge >= 0.3 is 5.97 Å². The molecule has 0 aliphatic heterocycles. The summed E-state index contributed by atoms with van der Waals surface area (Å²) in [5, 5.41) is 3.38. The molecule has 0 aromatic heterocycles. The first-order chi connectivity index (χ1) is 10.6. The van der Waals surface area contributed by atoms with Crippen molar-refractivity contribution in [1.29, 1.82) is 0 Å². The van der Waals surface area contributed by atoms with Crippen molar-refractivity contribution in [1.82, 2.24) is 0 Å². The van der Waals surface area contributed by atoms with Crippen molar-refractivity contribution in [2.75, 3.05) is 11.9 Å². The first kappa shape index (κ1) is 15.8. The summed E-state index contributed by atoms with van der Waals surface area (Å²) in [5.41, 5.74) is 5.80. The Balaban J connectivity index is 1.92. The summed E-state index contributed by atoms with van der Waals surface area (Å²) >= 11 is 0. The normalized spacial score (nSPS) is 10.1. The van der Waals surface area contributed by atoms with Crippen molar-refractivity contribution in [3.05, 3.63) is 71.8 Å². The molecular formula is C19H21NO2. The standard InChI is InChI=1S/C19H21NO2/c1-4-19(21)22-12-11-16-6-9-17(10-7-16)20-18-8-5-14(2)15(3)13-18/h4-10,13,20H,1,11-12H2,2-3H3. The number of hydrogen-bond donors (Lipinski definition) is 1. The molecule has 0 radical (unpaired) electrons. The molecule has 114 valence electrons. The number of ether oxygens (including phenoxy) is 1. The van der Waals surface area contributed by atoms with Gasteiger partial charge in [0, 0.05) is 23.9 Å². The zero-order valence-electron chi connectivity index (χ0n) is 13.1. The molecule has 0 aliphatic carbocycles. The van der Waals surface area contributed by atoms with E-state index in [0.29, 0.717) is 13.0 Å². The molecule has 2 aromatic carbocycles. The third kappa shape index (κ3) is 4.48. The Hall–Kier alpha value is -2.55. The van der Waals surface area contributed by atoms with Crippen LogP contribution in [0.3, 0.4) is 0 Å². The summed E-state index contributed by atoms with van der Waals surface area (Å²) in [6, 6.07) is 14.4. The number of nitrogens with one attached hydrogen (secondary N) is 1. The molecule has 0 spiro atoms. The maximum atomic E-state index is 11.0. The molecule has 0 saturated heterocycles. The molecule has 0 bridgehead atoms. The van der Waals surface area contributed by atoms with Gasteiger partial charge in [-0.05, 0) is 54.8 Å². The fourth-order valence-corrected chi connectivity index (χ4v) is 2.07. The van der Waals surface area contributed by atoms with Crippen molar-refractivity contribution in [2.45, 2.75) is 20.3 Å². The van der Waals surface area contributed by atoms with E-state index in [2.05, 4.69) is 43.9 Å². The summed E-state index contributed by atoms with van der Waals surface area (Å²) in [5.74, 6) is -0.381. The van der Waals surface area contributed by atoms with Gasteiger partial charge < -0.3 is 10.1 Å². The van der Waals surface area contributed by atoms with Gasteiger partial charge in [-0.1, -0.05) is 24.8 Å². The lowest BCUT2D eigenvalue weighted by atomic mass is 10.1. The number of aryl methyl sites for hydroxylation is 2. The highest BCUT2D eigenvalue weighted by molar-refractivity contribution is 5.81.